The second kappa shape index (κ2) is 10.4. The van der Waals surface area contributed by atoms with Crippen molar-refractivity contribution in [2.24, 2.45) is 0 Å². The maximum atomic E-state index is 12.2. The normalized spacial score (nSPS) is 11.0. The number of hydrogen-bond acceptors (Lipinski definition) is 8. The minimum Gasteiger partial charge on any atom is -0.447 e. The van der Waals surface area contributed by atoms with Crippen LogP contribution in [-0.2, 0) is 10.5 Å². The van der Waals surface area contributed by atoms with Gasteiger partial charge in [-0.1, -0.05) is 36.0 Å². The second-order valence-electron chi connectivity index (χ2n) is 6.47. The smallest absolute Gasteiger partial charge is 0.273 e. The summed E-state index contributed by atoms with van der Waals surface area (Å²) < 4.78 is 12.5. The molecule has 31 heavy (non-hydrogen) atoms. The molecule has 0 aliphatic carbocycles. The van der Waals surface area contributed by atoms with Crippen LogP contribution in [0.25, 0.3) is 16.4 Å². The maximum absolute atomic E-state index is 12.2. The fraction of sp³-hybridized carbons (Fsp3) is 0.238. The highest BCUT2D eigenvalue weighted by Crippen LogP contribution is 2.31. The van der Waals surface area contributed by atoms with Crippen LogP contribution in [-0.4, -0.2) is 45.9 Å². The highest BCUT2D eigenvalue weighted by Gasteiger charge is 2.18. The van der Waals surface area contributed by atoms with E-state index < -0.39 is 0 Å². The van der Waals surface area contributed by atoms with E-state index in [2.05, 4.69) is 20.5 Å². The molecule has 0 saturated heterocycles. The predicted molar refractivity (Wildman–Crippen MR) is 120 cm³/mol. The van der Waals surface area contributed by atoms with Gasteiger partial charge < -0.3 is 14.5 Å². The lowest BCUT2D eigenvalue weighted by Crippen LogP contribution is -2.25. The first-order chi connectivity index (χ1) is 15.3. The van der Waals surface area contributed by atoms with E-state index in [1.165, 1.54) is 18.0 Å². The number of carbonyl (C=O) groups excluding carboxylic acids is 1. The number of hydrogen-bond donors (Lipinski definition) is 1. The number of oxazole rings is 1. The summed E-state index contributed by atoms with van der Waals surface area (Å²) in [6, 6.07) is 14.0. The Bertz CT molecular complexity index is 1110. The van der Waals surface area contributed by atoms with E-state index in [0.717, 1.165) is 28.0 Å². The molecule has 10 heteroatoms. The standard InChI is InChI=1S/C21H21N5O3S2/c1-28-11-6-10-22-20(27)16-13-29-18(23-16)14-31-21-25-24-19(17-9-5-12-30-17)26(21)15-7-3-2-4-8-15/h2-5,7-9,12-13H,6,10-11,14H2,1H3,(H,22,27). The summed E-state index contributed by atoms with van der Waals surface area (Å²) >= 11 is 3.06. The van der Waals surface area contributed by atoms with Crippen molar-refractivity contribution in [3.8, 4) is 16.4 Å². The molecule has 0 saturated carbocycles. The third kappa shape index (κ3) is 5.22. The first-order valence-corrected chi connectivity index (χ1v) is 11.5. The summed E-state index contributed by atoms with van der Waals surface area (Å²) in [6.07, 6.45) is 2.12. The molecule has 0 bridgehead atoms. The van der Waals surface area contributed by atoms with Crippen molar-refractivity contribution in [2.75, 3.05) is 20.3 Å². The van der Waals surface area contributed by atoms with E-state index in [-0.39, 0.29) is 11.6 Å². The number of ether oxygens (including phenoxy) is 1. The van der Waals surface area contributed by atoms with Crippen molar-refractivity contribution in [1.82, 2.24) is 25.1 Å². The minimum atomic E-state index is -0.261. The molecule has 0 atom stereocenters. The second-order valence-corrected chi connectivity index (χ2v) is 8.36. The zero-order valence-corrected chi connectivity index (χ0v) is 18.5. The summed E-state index contributed by atoms with van der Waals surface area (Å²) in [5.74, 6) is 1.40. The Hall–Kier alpha value is -2.95. The molecule has 4 rings (SSSR count). The van der Waals surface area contributed by atoms with E-state index in [9.17, 15) is 4.79 Å². The summed E-state index contributed by atoms with van der Waals surface area (Å²) in [7, 11) is 1.63. The molecule has 0 radical (unpaired) electrons. The Morgan fingerprint density at radius 3 is 2.87 bits per heavy atom. The van der Waals surface area contributed by atoms with Gasteiger partial charge >= 0.3 is 0 Å². The highest BCUT2D eigenvalue weighted by molar-refractivity contribution is 7.98. The molecule has 0 unspecified atom stereocenters. The molecule has 8 nitrogen and oxygen atoms in total. The molecule has 0 aliphatic heterocycles. The summed E-state index contributed by atoms with van der Waals surface area (Å²) in [5.41, 5.74) is 1.23. The lowest BCUT2D eigenvalue weighted by molar-refractivity contribution is 0.0943. The van der Waals surface area contributed by atoms with Gasteiger partial charge in [0.2, 0.25) is 5.89 Å². The number of nitrogens with one attached hydrogen (secondary N) is 1. The average molecular weight is 456 g/mol. The van der Waals surface area contributed by atoms with Crippen molar-refractivity contribution >= 4 is 29.0 Å². The van der Waals surface area contributed by atoms with Gasteiger partial charge in [-0.15, -0.1) is 21.5 Å². The summed E-state index contributed by atoms with van der Waals surface area (Å²) in [5, 5.41) is 14.3. The monoisotopic (exact) mass is 455 g/mol. The SMILES string of the molecule is COCCCNC(=O)c1coc(CSc2nnc(-c3cccs3)n2-c2ccccc2)n1. The van der Waals surface area contributed by atoms with Crippen molar-refractivity contribution in [2.45, 2.75) is 17.3 Å². The number of benzene rings is 1. The Labute approximate surface area is 187 Å². The van der Waals surface area contributed by atoms with Crippen molar-refractivity contribution < 1.29 is 13.9 Å². The number of rotatable bonds is 10. The average Bonchev–Trinajstić information content (AvgIpc) is 3.56. The number of methoxy groups -OCH3 is 1. The quantitative estimate of drug-likeness (QED) is 0.285. The van der Waals surface area contributed by atoms with Gasteiger partial charge in [-0.05, 0) is 30.0 Å². The van der Waals surface area contributed by atoms with Crippen molar-refractivity contribution in [3.05, 3.63) is 65.7 Å². The zero-order chi connectivity index (χ0) is 21.5. The molecule has 0 aliphatic rings. The van der Waals surface area contributed by atoms with Crippen LogP contribution >= 0.6 is 23.1 Å². The van der Waals surface area contributed by atoms with E-state index in [4.69, 9.17) is 9.15 Å². The molecule has 3 aromatic heterocycles. The van der Waals surface area contributed by atoms with Gasteiger partial charge in [-0.25, -0.2) is 4.98 Å². The molecule has 1 amide bonds. The summed E-state index contributed by atoms with van der Waals surface area (Å²) in [4.78, 5) is 17.5. The fourth-order valence-corrected chi connectivity index (χ4v) is 4.36. The number of carbonyl (C=O) groups is 1. The third-order valence-electron chi connectivity index (χ3n) is 4.31. The van der Waals surface area contributed by atoms with Gasteiger partial charge in [0.15, 0.2) is 16.7 Å². The van der Waals surface area contributed by atoms with Gasteiger partial charge in [-0.3, -0.25) is 9.36 Å². The Morgan fingerprint density at radius 1 is 1.23 bits per heavy atom. The highest BCUT2D eigenvalue weighted by atomic mass is 32.2. The van der Waals surface area contributed by atoms with Crippen LogP contribution in [0.2, 0.25) is 0 Å². The number of nitrogens with zero attached hydrogens (tertiary/aromatic N) is 4. The van der Waals surface area contributed by atoms with E-state index >= 15 is 0 Å². The largest absolute Gasteiger partial charge is 0.447 e. The van der Waals surface area contributed by atoms with Crippen LogP contribution in [0, 0.1) is 0 Å². The van der Waals surface area contributed by atoms with Crippen LogP contribution in [0.1, 0.15) is 22.8 Å². The van der Waals surface area contributed by atoms with Gasteiger partial charge in [0.25, 0.3) is 5.91 Å². The first-order valence-electron chi connectivity index (χ1n) is 9.65. The molecule has 0 spiro atoms. The van der Waals surface area contributed by atoms with Gasteiger partial charge in [0, 0.05) is 25.9 Å². The van der Waals surface area contributed by atoms with Gasteiger partial charge in [0.05, 0.1) is 10.6 Å². The number of thiophene rings is 1. The van der Waals surface area contributed by atoms with E-state index in [1.807, 2.05) is 52.4 Å². The summed E-state index contributed by atoms with van der Waals surface area (Å²) in [6.45, 7) is 1.12. The Kier molecular flexibility index (Phi) is 7.13. The minimum absolute atomic E-state index is 0.261. The molecular weight excluding hydrogens is 434 g/mol. The number of para-hydroxylation sites is 1. The maximum Gasteiger partial charge on any atom is 0.273 e. The lowest BCUT2D eigenvalue weighted by atomic mass is 10.3. The van der Waals surface area contributed by atoms with Gasteiger partial charge in [-0.2, -0.15) is 0 Å². The molecule has 1 aromatic carbocycles. The van der Waals surface area contributed by atoms with Crippen LogP contribution in [0.15, 0.2) is 63.7 Å². The predicted octanol–water partition coefficient (Wildman–Crippen LogP) is 4.04. The topological polar surface area (TPSA) is 95.1 Å². The fourth-order valence-electron chi connectivity index (χ4n) is 2.86. The molecular formula is C21H21N5O3S2. The van der Waals surface area contributed by atoms with Crippen LogP contribution in [0.5, 0.6) is 0 Å². The molecule has 3 heterocycles. The van der Waals surface area contributed by atoms with Crippen LogP contribution in [0.4, 0.5) is 0 Å². The zero-order valence-electron chi connectivity index (χ0n) is 16.9. The number of aromatic nitrogens is 4. The lowest BCUT2D eigenvalue weighted by Gasteiger charge is -2.08. The van der Waals surface area contributed by atoms with Gasteiger partial charge in [0.1, 0.15) is 6.26 Å². The third-order valence-corrected chi connectivity index (χ3v) is 6.09. The molecule has 4 aromatic rings. The van der Waals surface area contributed by atoms with Crippen molar-refractivity contribution in [3.63, 3.8) is 0 Å². The Morgan fingerprint density at radius 2 is 2.10 bits per heavy atom. The number of thioether (sulfide) groups is 1. The van der Waals surface area contributed by atoms with E-state index in [0.29, 0.717) is 24.8 Å². The molecule has 160 valence electrons. The van der Waals surface area contributed by atoms with Crippen LogP contribution in [0.3, 0.4) is 0 Å². The Balaban J connectivity index is 1.47. The first kappa shape index (κ1) is 21.3. The number of amides is 1. The molecule has 1 N–H and O–H groups in total. The van der Waals surface area contributed by atoms with Crippen LogP contribution < -0.4 is 5.32 Å². The van der Waals surface area contributed by atoms with E-state index in [1.54, 1.807) is 18.4 Å². The molecule has 0 fully saturated rings. The van der Waals surface area contributed by atoms with Crippen molar-refractivity contribution in [1.29, 1.82) is 0 Å².